The molecule has 0 atom stereocenters. The van der Waals surface area contributed by atoms with Gasteiger partial charge in [0.05, 0.1) is 5.56 Å². The number of benzene rings is 2. The number of halogens is 4. The fraction of sp³-hybridized carbons (Fsp3) is 0. The topological polar surface area (TPSA) is 51.0 Å². The zero-order valence-electron chi connectivity index (χ0n) is 10.8. The quantitative estimate of drug-likeness (QED) is 0.742. The van der Waals surface area contributed by atoms with E-state index in [1.54, 1.807) is 0 Å². The molecule has 0 saturated carbocycles. The highest BCUT2D eigenvalue weighted by molar-refractivity contribution is 5.57. The normalized spacial score (nSPS) is 10.7. The monoisotopic (exact) mass is 309 g/mol. The van der Waals surface area contributed by atoms with Crippen LogP contribution in [0.25, 0.3) is 11.5 Å². The van der Waals surface area contributed by atoms with Gasteiger partial charge in [0.1, 0.15) is 29.0 Å². The van der Waals surface area contributed by atoms with E-state index < -0.39 is 29.0 Å². The fourth-order valence-electron chi connectivity index (χ4n) is 1.77. The second-order valence-electron chi connectivity index (χ2n) is 4.26. The minimum Gasteiger partial charge on any atom is -0.403 e. The Kier molecular flexibility index (Phi) is 3.50. The number of para-hydroxylation sites is 1. The molecule has 0 unspecified atom stereocenters. The molecular formula is C14H7F4N3O. The van der Waals surface area contributed by atoms with Crippen molar-refractivity contribution in [3.8, 4) is 11.5 Å². The van der Waals surface area contributed by atoms with Crippen molar-refractivity contribution in [1.82, 2.24) is 10.2 Å². The molecule has 0 aliphatic carbocycles. The minimum atomic E-state index is -0.896. The smallest absolute Gasteiger partial charge is 0.320 e. The number of aromatic nitrogens is 2. The molecule has 0 spiro atoms. The van der Waals surface area contributed by atoms with Gasteiger partial charge in [0.15, 0.2) is 0 Å². The molecule has 1 heterocycles. The highest BCUT2D eigenvalue weighted by Crippen LogP contribution is 2.26. The zero-order valence-corrected chi connectivity index (χ0v) is 10.8. The Hall–Kier alpha value is -2.90. The first-order valence-electron chi connectivity index (χ1n) is 6.04. The van der Waals surface area contributed by atoms with Gasteiger partial charge in [-0.15, -0.1) is 5.10 Å². The van der Waals surface area contributed by atoms with Crippen LogP contribution in [0.3, 0.4) is 0 Å². The van der Waals surface area contributed by atoms with Gasteiger partial charge in [-0.05, 0) is 24.3 Å². The van der Waals surface area contributed by atoms with E-state index in [-0.39, 0.29) is 17.5 Å². The molecule has 8 heteroatoms. The van der Waals surface area contributed by atoms with Crippen molar-refractivity contribution in [2.45, 2.75) is 0 Å². The molecule has 0 saturated heterocycles. The first-order chi connectivity index (χ1) is 10.5. The average molecular weight is 309 g/mol. The number of anilines is 2. The van der Waals surface area contributed by atoms with Gasteiger partial charge in [-0.3, -0.25) is 0 Å². The number of nitrogens with one attached hydrogen (secondary N) is 1. The van der Waals surface area contributed by atoms with E-state index in [1.165, 1.54) is 6.07 Å². The molecule has 3 aromatic rings. The van der Waals surface area contributed by atoms with Crippen LogP contribution in [0.5, 0.6) is 0 Å². The van der Waals surface area contributed by atoms with Gasteiger partial charge in [0, 0.05) is 6.07 Å². The summed E-state index contributed by atoms with van der Waals surface area (Å²) in [5.41, 5.74) is -0.603. The van der Waals surface area contributed by atoms with Gasteiger partial charge >= 0.3 is 6.01 Å². The minimum absolute atomic E-state index is 0.129. The molecular weight excluding hydrogens is 302 g/mol. The predicted molar refractivity (Wildman–Crippen MR) is 69.3 cm³/mol. The largest absolute Gasteiger partial charge is 0.403 e. The highest BCUT2D eigenvalue weighted by atomic mass is 19.1. The van der Waals surface area contributed by atoms with Gasteiger partial charge in [-0.1, -0.05) is 11.2 Å². The molecule has 3 rings (SSSR count). The van der Waals surface area contributed by atoms with Crippen LogP contribution < -0.4 is 5.32 Å². The van der Waals surface area contributed by atoms with Crippen LogP contribution in [-0.4, -0.2) is 10.2 Å². The summed E-state index contributed by atoms with van der Waals surface area (Å²) in [4.78, 5) is 0. The van der Waals surface area contributed by atoms with Crippen LogP contribution >= 0.6 is 0 Å². The van der Waals surface area contributed by atoms with E-state index >= 15 is 0 Å². The summed E-state index contributed by atoms with van der Waals surface area (Å²) in [6, 6.07) is 5.75. The highest BCUT2D eigenvalue weighted by Gasteiger charge is 2.16. The van der Waals surface area contributed by atoms with Crippen LogP contribution in [0.4, 0.5) is 29.3 Å². The van der Waals surface area contributed by atoms with Crippen LogP contribution in [0.2, 0.25) is 0 Å². The second-order valence-corrected chi connectivity index (χ2v) is 4.26. The van der Waals surface area contributed by atoms with Gasteiger partial charge in [-0.25, -0.2) is 17.6 Å². The lowest BCUT2D eigenvalue weighted by Gasteiger charge is -2.03. The van der Waals surface area contributed by atoms with E-state index in [1.807, 2.05) is 0 Å². The number of hydrogen-bond acceptors (Lipinski definition) is 4. The SMILES string of the molecule is Fc1ccc(-c2nnc(Nc3c(F)cccc3F)o2)c(F)c1. The lowest BCUT2D eigenvalue weighted by atomic mass is 10.2. The lowest BCUT2D eigenvalue weighted by Crippen LogP contribution is -1.97. The summed E-state index contributed by atoms with van der Waals surface area (Å²) in [7, 11) is 0. The van der Waals surface area contributed by atoms with Crippen molar-refractivity contribution >= 4 is 11.7 Å². The standard InChI is InChI=1S/C14H7F4N3O/c15-7-4-5-8(11(18)6-7)13-20-21-14(22-13)19-12-9(16)2-1-3-10(12)17/h1-6H,(H,19,21). The van der Waals surface area contributed by atoms with Crippen LogP contribution in [0.1, 0.15) is 0 Å². The third-order valence-corrected chi connectivity index (χ3v) is 2.78. The number of nitrogens with zero attached hydrogens (tertiary/aromatic N) is 2. The Morgan fingerprint density at radius 1 is 0.864 bits per heavy atom. The Morgan fingerprint density at radius 3 is 2.27 bits per heavy atom. The fourth-order valence-corrected chi connectivity index (χ4v) is 1.77. The predicted octanol–water partition coefficient (Wildman–Crippen LogP) is 4.04. The first kappa shape index (κ1) is 14.1. The van der Waals surface area contributed by atoms with Gasteiger partial charge < -0.3 is 9.73 Å². The van der Waals surface area contributed by atoms with Crippen LogP contribution in [0.15, 0.2) is 40.8 Å². The molecule has 0 amide bonds. The molecule has 22 heavy (non-hydrogen) atoms. The third kappa shape index (κ3) is 2.62. The maximum absolute atomic E-state index is 13.6. The van der Waals surface area contributed by atoms with Gasteiger partial charge in [0.25, 0.3) is 5.89 Å². The van der Waals surface area contributed by atoms with Crippen molar-refractivity contribution in [2.24, 2.45) is 0 Å². The summed E-state index contributed by atoms with van der Waals surface area (Å²) in [5, 5.41) is 9.33. The summed E-state index contributed by atoms with van der Waals surface area (Å²) in [6.45, 7) is 0. The Balaban J connectivity index is 1.91. The van der Waals surface area contributed by atoms with Gasteiger partial charge in [-0.2, -0.15) is 0 Å². The lowest BCUT2D eigenvalue weighted by molar-refractivity contribution is 0.557. The van der Waals surface area contributed by atoms with Crippen LogP contribution in [-0.2, 0) is 0 Å². The molecule has 1 N–H and O–H groups in total. The van der Waals surface area contributed by atoms with E-state index in [0.717, 1.165) is 24.3 Å². The molecule has 0 bridgehead atoms. The average Bonchev–Trinajstić information content (AvgIpc) is 2.91. The maximum Gasteiger partial charge on any atom is 0.320 e. The molecule has 1 aromatic heterocycles. The molecule has 4 nitrogen and oxygen atoms in total. The van der Waals surface area contributed by atoms with Crippen LogP contribution in [0, 0.1) is 23.3 Å². The summed E-state index contributed by atoms with van der Waals surface area (Å²) in [6.07, 6.45) is 0. The zero-order chi connectivity index (χ0) is 15.7. The van der Waals surface area contributed by atoms with Crippen molar-refractivity contribution in [2.75, 3.05) is 5.32 Å². The van der Waals surface area contributed by atoms with Crippen molar-refractivity contribution in [3.63, 3.8) is 0 Å². The van der Waals surface area contributed by atoms with E-state index in [9.17, 15) is 17.6 Å². The first-order valence-corrected chi connectivity index (χ1v) is 6.04. The second kappa shape index (κ2) is 5.47. The molecule has 2 aromatic carbocycles. The third-order valence-electron chi connectivity index (χ3n) is 2.78. The molecule has 0 fully saturated rings. The summed E-state index contributed by atoms with van der Waals surface area (Å²) in [5.74, 6) is -3.61. The molecule has 0 aliphatic heterocycles. The number of hydrogen-bond donors (Lipinski definition) is 1. The summed E-state index contributed by atoms with van der Waals surface area (Å²) < 4.78 is 58.5. The van der Waals surface area contributed by atoms with E-state index in [0.29, 0.717) is 6.07 Å². The van der Waals surface area contributed by atoms with Gasteiger partial charge in [0.2, 0.25) is 0 Å². The van der Waals surface area contributed by atoms with Crippen molar-refractivity contribution in [3.05, 3.63) is 59.7 Å². The Bertz CT molecular complexity index is 814. The maximum atomic E-state index is 13.6. The Labute approximate surface area is 121 Å². The Morgan fingerprint density at radius 2 is 1.59 bits per heavy atom. The molecule has 112 valence electrons. The van der Waals surface area contributed by atoms with E-state index in [4.69, 9.17) is 4.42 Å². The summed E-state index contributed by atoms with van der Waals surface area (Å²) >= 11 is 0. The molecule has 0 radical (unpaired) electrons. The van der Waals surface area contributed by atoms with E-state index in [2.05, 4.69) is 15.5 Å². The van der Waals surface area contributed by atoms with Crippen molar-refractivity contribution < 1.29 is 22.0 Å². The van der Waals surface area contributed by atoms with Crippen molar-refractivity contribution in [1.29, 1.82) is 0 Å². The number of rotatable bonds is 3. The molecule has 0 aliphatic rings.